The summed E-state index contributed by atoms with van der Waals surface area (Å²) in [5, 5.41) is 0. The molecular weight excluding hydrogens is 125 g/mol. The van der Waals surface area contributed by atoms with Crippen LogP contribution >= 0.6 is 29.7 Å². The van der Waals surface area contributed by atoms with E-state index in [4.69, 9.17) is 0 Å². The van der Waals surface area contributed by atoms with Crippen LogP contribution in [-0.2, 0) is 0 Å². The molecule has 0 saturated carbocycles. The van der Waals surface area contributed by atoms with Crippen LogP contribution in [0.2, 0.25) is 0 Å². The molecule has 0 N–H and O–H groups in total. The van der Waals surface area contributed by atoms with Gasteiger partial charge in [-0.15, -0.1) is 0 Å². The second-order valence-electron chi connectivity index (χ2n) is 0. The van der Waals surface area contributed by atoms with Gasteiger partial charge in [-0.1, -0.05) is 0 Å². The van der Waals surface area contributed by atoms with Crippen LogP contribution < -0.4 is 0 Å². The molecule has 6 heavy (non-hydrogen) atoms. The van der Waals surface area contributed by atoms with E-state index in [1.54, 1.807) is 0 Å². The molecule has 3 atom stereocenters. The maximum atomic E-state index is 0. The molecule has 0 amide bonds. The molecule has 0 heterocycles. The van der Waals surface area contributed by atoms with Crippen LogP contribution in [-0.4, -0.2) is 25.2 Å². The largest absolute Gasteiger partial charge is 0.153 e. The van der Waals surface area contributed by atoms with Crippen molar-refractivity contribution in [1.82, 2.24) is 0 Å². The Balaban J connectivity index is 0. The minimum atomic E-state index is 0. The summed E-state index contributed by atoms with van der Waals surface area (Å²) in [6.45, 7) is 0. The van der Waals surface area contributed by atoms with Gasteiger partial charge in [0.1, 0.15) is 0 Å². The van der Waals surface area contributed by atoms with Crippen LogP contribution in [0.15, 0.2) is 0 Å². The fourth-order valence-electron chi connectivity index (χ4n) is 0. The van der Waals surface area contributed by atoms with E-state index < -0.39 is 0 Å². The van der Waals surface area contributed by atoms with Gasteiger partial charge < -0.3 is 0 Å². The highest BCUT2D eigenvalue weighted by molar-refractivity contribution is 6.92. The van der Waals surface area contributed by atoms with Crippen molar-refractivity contribution in [3.8, 4) is 0 Å². The van der Waals surface area contributed by atoms with Crippen molar-refractivity contribution in [2.45, 2.75) is 0 Å². The molecule has 0 aromatic heterocycles. The molecular formula is H9B3P3. The highest BCUT2D eigenvalue weighted by Gasteiger charge is 0.00206. The highest BCUT2D eigenvalue weighted by atomic mass is 31.0. The smallest absolute Gasteiger partial charge is 0 e. The van der Waals surface area contributed by atoms with Crippen LogP contribution in [0.4, 0.5) is 0 Å². The van der Waals surface area contributed by atoms with Crippen molar-refractivity contribution in [2.75, 3.05) is 0 Å². The molecule has 0 aromatic carbocycles. The van der Waals surface area contributed by atoms with Crippen LogP contribution in [0.5, 0.6) is 0 Å². The lowest BCUT2D eigenvalue weighted by Gasteiger charge is -0.154. The Labute approximate surface area is 55.6 Å². The maximum Gasteiger partial charge on any atom is 0 e. The molecule has 0 aromatic rings. The van der Waals surface area contributed by atoms with Gasteiger partial charge in [0.15, 0.2) is 0 Å². The standard InChI is InChI=1S/3B.3H3P/h;;;3*1H3. The topological polar surface area (TPSA) is 0 Å². The third-order valence-electron chi connectivity index (χ3n) is 0. The van der Waals surface area contributed by atoms with Gasteiger partial charge in [0.2, 0.25) is 0 Å². The molecule has 33 valence electrons. The molecule has 0 fully saturated rings. The molecule has 0 saturated heterocycles. The zero-order valence-corrected chi connectivity index (χ0v) is 8.10. The van der Waals surface area contributed by atoms with Crippen LogP contribution in [0.1, 0.15) is 0 Å². The summed E-state index contributed by atoms with van der Waals surface area (Å²) in [4.78, 5) is 0. The average Bonchev–Trinajstić information content (AvgIpc) is 0. The molecule has 0 aliphatic rings. The highest BCUT2D eigenvalue weighted by Crippen LogP contribution is 0.863. The predicted octanol–water partition coefficient (Wildman–Crippen LogP) is -0.968. The lowest BCUT2D eigenvalue weighted by Crippen LogP contribution is -0.382. The summed E-state index contributed by atoms with van der Waals surface area (Å²) in [6, 6.07) is 0. The van der Waals surface area contributed by atoms with Crippen molar-refractivity contribution in [3.05, 3.63) is 0 Å². The van der Waals surface area contributed by atoms with E-state index in [9.17, 15) is 0 Å². The summed E-state index contributed by atoms with van der Waals surface area (Å²) in [5.41, 5.74) is 0. The first-order valence-corrected chi connectivity index (χ1v) is 0. The van der Waals surface area contributed by atoms with E-state index in [0.717, 1.165) is 0 Å². The van der Waals surface area contributed by atoms with E-state index in [1.165, 1.54) is 0 Å². The molecule has 0 aliphatic heterocycles. The van der Waals surface area contributed by atoms with Crippen molar-refractivity contribution < 1.29 is 0 Å². The predicted molar refractivity (Wildman–Crippen MR) is 50.6 cm³/mol. The number of rotatable bonds is 0. The molecule has 0 nitrogen and oxygen atoms in total. The fraction of sp³-hybridized carbons (Fsp3) is 0. The maximum absolute atomic E-state index is 0. The normalized spacial score (nSPS) is 0. The zero-order valence-electron chi connectivity index (χ0n) is 3.85. The first-order valence-electron chi connectivity index (χ1n) is 0. The van der Waals surface area contributed by atoms with Gasteiger partial charge in [0.05, 0.1) is 0 Å². The SMILES string of the molecule is P.P.P.[B].[B].[B]. The molecule has 6 heteroatoms. The number of hydrogen-bond acceptors (Lipinski definition) is 0. The fourth-order valence-corrected chi connectivity index (χ4v) is 0. The minimum absolute atomic E-state index is 0. The third kappa shape index (κ3) is 50.0. The molecule has 0 aliphatic carbocycles. The summed E-state index contributed by atoms with van der Waals surface area (Å²) in [6.07, 6.45) is 0. The number of hydrogen-bond donors (Lipinski definition) is 0. The van der Waals surface area contributed by atoms with Crippen LogP contribution in [0.3, 0.4) is 0 Å². The second-order valence-corrected chi connectivity index (χ2v) is 0. The Morgan fingerprint density at radius 2 is 0.333 bits per heavy atom. The monoisotopic (exact) mass is 135 g/mol. The van der Waals surface area contributed by atoms with Gasteiger partial charge in [0, 0.05) is 25.2 Å². The van der Waals surface area contributed by atoms with Crippen LogP contribution in [0.25, 0.3) is 0 Å². The summed E-state index contributed by atoms with van der Waals surface area (Å²) in [5.74, 6) is 0. The van der Waals surface area contributed by atoms with E-state index >= 15 is 0 Å². The molecule has 0 bridgehead atoms. The van der Waals surface area contributed by atoms with Gasteiger partial charge >= 0.3 is 0 Å². The summed E-state index contributed by atoms with van der Waals surface area (Å²) < 4.78 is 0. The van der Waals surface area contributed by atoms with Gasteiger partial charge in [-0.3, -0.25) is 0 Å². The van der Waals surface area contributed by atoms with E-state index in [2.05, 4.69) is 0 Å². The van der Waals surface area contributed by atoms with Crippen molar-refractivity contribution in [1.29, 1.82) is 0 Å². The summed E-state index contributed by atoms with van der Waals surface area (Å²) >= 11 is 0. The second kappa shape index (κ2) is 88.5. The lowest BCUT2D eigenvalue weighted by atomic mass is 10.8. The quantitative estimate of drug-likeness (QED) is 0.296. The van der Waals surface area contributed by atoms with Crippen molar-refractivity contribution in [2.24, 2.45) is 0 Å². The third-order valence-corrected chi connectivity index (χ3v) is 0. The van der Waals surface area contributed by atoms with E-state index in [-0.39, 0.29) is 54.9 Å². The molecule has 0 rings (SSSR count). The lowest BCUT2D eigenvalue weighted by molar-refractivity contribution is 5.75. The first kappa shape index (κ1) is 143. The van der Waals surface area contributed by atoms with Gasteiger partial charge in [0.25, 0.3) is 0 Å². The Morgan fingerprint density at radius 1 is 0.333 bits per heavy atom. The van der Waals surface area contributed by atoms with Crippen molar-refractivity contribution in [3.63, 3.8) is 0 Å². The van der Waals surface area contributed by atoms with E-state index in [1.807, 2.05) is 0 Å². The van der Waals surface area contributed by atoms with Gasteiger partial charge in [-0.2, -0.15) is 29.7 Å². The zero-order chi connectivity index (χ0) is 0. The molecule has 9 radical (unpaired) electrons. The first-order chi connectivity index (χ1) is 0. The van der Waals surface area contributed by atoms with Crippen molar-refractivity contribution >= 4 is 54.9 Å². The molecule has 3 unspecified atom stereocenters. The Bertz CT molecular complexity index is 6.00. The van der Waals surface area contributed by atoms with E-state index in [0.29, 0.717) is 0 Å². The summed E-state index contributed by atoms with van der Waals surface area (Å²) in [7, 11) is 0. The van der Waals surface area contributed by atoms with Gasteiger partial charge in [-0.05, 0) is 0 Å². The molecule has 0 spiro atoms. The Hall–Kier alpha value is 1.48. The Kier molecular flexibility index (Phi) is 2110. The minimum Gasteiger partial charge on any atom is -0.153 e. The Morgan fingerprint density at radius 3 is 0.333 bits per heavy atom. The van der Waals surface area contributed by atoms with Gasteiger partial charge in [-0.25, -0.2) is 0 Å². The average molecular weight is 134 g/mol. The van der Waals surface area contributed by atoms with Crippen LogP contribution in [0, 0.1) is 0 Å².